The number of amides is 1. The summed E-state index contributed by atoms with van der Waals surface area (Å²) in [5, 5.41) is 0. The van der Waals surface area contributed by atoms with Crippen molar-refractivity contribution < 1.29 is 13.2 Å². The number of anilines is 1. The summed E-state index contributed by atoms with van der Waals surface area (Å²) in [4.78, 5) is 11.9. The van der Waals surface area contributed by atoms with Crippen LogP contribution in [0.3, 0.4) is 0 Å². The van der Waals surface area contributed by atoms with Gasteiger partial charge in [0.25, 0.3) is 15.9 Å². The zero-order chi connectivity index (χ0) is 17.9. The minimum Gasteiger partial charge on any atom is -0.293 e. The van der Waals surface area contributed by atoms with E-state index in [0.29, 0.717) is 5.69 Å². The normalized spacial score (nSPS) is 11.2. The number of nitrogens with two attached hydrogens (primary N) is 1. The molecule has 128 valence electrons. The monoisotopic (exact) mass is 347 g/mol. The molecule has 0 fully saturated rings. The Balaban J connectivity index is 2.65. The Morgan fingerprint density at radius 1 is 1.08 bits per heavy atom. The first kappa shape index (κ1) is 18.0. The van der Waals surface area contributed by atoms with Crippen LogP contribution in [0.2, 0.25) is 0 Å². The van der Waals surface area contributed by atoms with Crippen LogP contribution in [0.1, 0.15) is 16.7 Å². The van der Waals surface area contributed by atoms with Gasteiger partial charge in [0.15, 0.2) is 0 Å². The molecule has 3 N–H and O–H groups in total. The first-order valence-corrected chi connectivity index (χ1v) is 8.86. The van der Waals surface area contributed by atoms with Gasteiger partial charge in [-0.25, -0.2) is 14.3 Å². The molecule has 0 radical (unpaired) electrons. The highest BCUT2D eigenvalue weighted by molar-refractivity contribution is 7.92. The largest absolute Gasteiger partial charge is 0.293 e. The lowest BCUT2D eigenvalue weighted by Crippen LogP contribution is -2.43. The number of carbonyl (C=O) groups is 1. The zero-order valence-electron chi connectivity index (χ0n) is 13.9. The molecule has 7 heteroatoms. The smallest absolute Gasteiger partial charge is 0.264 e. The van der Waals surface area contributed by atoms with E-state index in [-0.39, 0.29) is 4.90 Å². The van der Waals surface area contributed by atoms with Crippen LogP contribution in [-0.4, -0.2) is 20.9 Å². The Kier molecular flexibility index (Phi) is 5.26. The van der Waals surface area contributed by atoms with Gasteiger partial charge in [-0.1, -0.05) is 35.9 Å². The summed E-state index contributed by atoms with van der Waals surface area (Å²) >= 11 is 0. The molecular weight excluding hydrogens is 326 g/mol. The van der Waals surface area contributed by atoms with E-state index >= 15 is 0 Å². The molecule has 0 aliphatic carbocycles. The number of nitrogens with one attached hydrogen (secondary N) is 1. The first-order chi connectivity index (χ1) is 11.3. The lowest BCUT2D eigenvalue weighted by atomic mass is 10.1. The van der Waals surface area contributed by atoms with Gasteiger partial charge in [-0.05, 0) is 44.0 Å². The molecule has 0 aliphatic rings. The molecule has 0 heterocycles. The maximum Gasteiger partial charge on any atom is 0.264 e. The third kappa shape index (κ3) is 3.58. The molecule has 0 spiro atoms. The maximum absolute atomic E-state index is 13.1. The van der Waals surface area contributed by atoms with Crippen LogP contribution >= 0.6 is 0 Å². The number of hydrogen-bond acceptors (Lipinski definition) is 4. The fourth-order valence-electron chi connectivity index (χ4n) is 2.75. The first-order valence-electron chi connectivity index (χ1n) is 7.42. The van der Waals surface area contributed by atoms with Crippen LogP contribution in [-0.2, 0) is 14.8 Å². The fraction of sp³-hybridized carbons (Fsp3) is 0.235. The second-order valence-electron chi connectivity index (χ2n) is 5.64. The number of nitrogens with zero attached hydrogens (tertiary/aromatic N) is 1. The van der Waals surface area contributed by atoms with Crippen LogP contribution in [0.5, 0.6) is 0 Å². The molecule has 2 aromatic rings. The van der Waals surface area contributed by atoms with E-state index in [4.69, 9.17) is 5.84 Å². The summed E-state index contributed by atoms with van der Waals surface area (Å²) in [6.07, 6.45) is 0. The molecule has 0 saturated carbocycles. The number of sulfonamides is 1. The van der Waals surface area contributed by atoms with Crippen molar-refractivity contribution in [3.63, 3.8) is 0 Å². The van der Waals surface area contributed by atoms with Gasteiger partial charge in [0.05, 0.1) is 10.6 Å². The van der Waals surface area contributed by atoms with Gasteiger partial charge >= 0.3 is 0 Å². The third-order valence-electron chi connectivity index (χ3n) is 3.66. The van der Waals surface area contributed by atoms with E-state index in [9.17, 15) is 13.2 Å². The molecule has 0 saturated heterocycles. The van der Waals surface area contributed by atoms with Gasteiger partial charge in [-0.3, -0.25) is 14.5 Å². The molecule has 2 aromatic carbocycles. The van der Waals surface area contributed by atoms with Crippen molar-refractivity contribution in [3.05, 3.63) is 59.2 Å². The highest BCUT2D eigenvalue weighted by Gasteiger charge is 2.29. The van der Waals surface area contributed by atoms with Crippen molar-refractivity contribution in [2.75, 3.05) is 10.8 Å². The SMILES string of the molecule is Cc1cc(C)c(N(CC(=O)NN)S(=O)(=O)c2ccccc2)c(C)c1. The van der Waals surface area contributed by atoms with Crippen molar-refractivity contribution in [2.45, 2.75) is 25.7 Å². The van der Waals surface area contributed by atoms with Crippen molar-refractivity contribution in [1.82, 2.24) is 5.43 Å². The van der Waals surface area contributed by atoms with E-state index < -0.39 is 22.5 Å². The average Bonchev–Trinajstić information content (AvgIpc) is 2.53. The van der Waals surface area contributed by atoms with Crippen molar-refractivity contribution in [3.8, 4) is 0 Å². The molecule has 0 aliphatic heterocycles. The summed E-state index contributed by atoms with van der Waals surface area (Å²) < 4.78 is 27.3. The average molecular weight is 347 g/mol. The molecule has 2 rings (SSSR count). The number of hydrazine groups is 1. The Bertz CT molecular complexity index is 826. The number of aryl methyl sites for hydroxylation is 3. The number of rotatable bonds is 5. The fourth-order valence-corrected chi connectivity index (χ4v) is 4.32. The molecule has 1 amide bonds. The van der Waals surface area contributed by atoms with E-state index in [1.807, 2.05) is 38.3 Å². The van der Waals surface area contributed by atoms with E-state index in [1.54, 1.807) is 18.2 Å². The Morgan fingerprint density at radius 2 is 1.62 bits per heavy atom. The lowest BCUT2D eigenvalue weighted by molar-refractivity contribution is -0.119. The van der Waals surface area contributed by atoms with Crippen molar-refractivity contribution in [2.24, 2.45) is 5.84 Å². The Morgan fingerprint density at radius 3 is 2.12 bits per heavy atom. The molecule has 0 aromatic heterocycles. The predicted molar refractivity (Wildman–Crippen MR) is 94.0 cm³/mol. The van der Waals surface area contributed by atoms with Gasteiger partial charge < -0.3 is 0 Å². The zero-order valence-corrected chi connectivity index (χ0v) is 14.7. The summed E-state index contributed by atoms with van der Waals surface area (Å²) in [5.41, 5.74) is 5.06. The van der Waals surface area contributed by atoms with Gasteiger partial charge in [-0.15, -0.1) is 0 Å². The van der Waals surface area contributed by atoms with Gasteiger partial charge in [-0.2, -0.15) is 0 Å². The van der Waals surface area contributed by atoms with Crippen LogP contribution in [0.25, 0.3) is 0 Å². The predicted octanol–water partition coefficient (Wildman–Crippen LogP) is 1.80. The quantitative estimate of drug-likeness (QED) is 0.490. The number of carbonyl (C=O) groups excluding carboxylic acids is 1. The topological polar surface area (TPSA) is 92.5 Å². The van der Waals surface area contributed by atoms with E-state index in [0.717, 1.165) is 21.0 Å². The molecule has 0 atom stereocenters. The Labute approximate surface area is 142 Å². The summed E-state index contributed by atoms with van der Waals surface area (Å²) in [7, 11) is -3.90. The van der Waals surface area contributed by atoms with Crippen molar-refractivity contribution in [1.29, 1.82) is 0 Å². The Hall–Kier alpha value is -2.38. The van der Waals surface area contributed by atoms with Crippen LogP contribution in [0, 0.1) is 20.8 Å². The van der Waals surface area contributed by atoms with Crippen molar-refractivity contribution >= 4 is 21.6 Å². The standard InChI is InChI=1S/C17H21N3O3S/c1-12-9-13(2)17(14(3)10-12)20(11-16(21)19-18)24(22,23)15-7-5-4-6-8-15/h4-10H,11,18H2,1-3H3,(H,19,21). The highest BCUT2D eigenvalue weighted by atomic mass is 32.2. The molecule has 24 heavy (non-hydrogen) atoms. The number of hydrogen-bond donors (Lipinski definition) is 2. The van der Waals surface area contributed by atoms with Gasteiger partial charge in [0, 0.05) is 0 Å². The summed E-state index contributed by atoms with van der Waals surface area (Å²) in [6, 6.07) is 11.8. The second-order valence-corrected chi connectivity index (χ2v) is 7.50. The second kappa shape index (κ2) is 7.02. The van der Waals surface area contributed by atoms with Crippen LogP contribution < -0.4 is 15.6 Å². The minimum absolute atomic E-state index is 0.120. The summed E-state index contributed by atoms with van der Waals surface area (Å²) in [6.45, 7) is 5.19. The number of benzene rings is 2. The van der Waals surface area contributed by atoms with Crippen LogP contribution in [0.4, 0.5) is 5.69 Å². The molecule has 0 unspecified atom stereocenters. The lowest BCUT2D eigenvalue weighted by Gasteiger charge is -2.27. The van der Waals surface area contributed by atoms with Gasteiger partial charge in [0.1, 0.15) is 6.54 Å². The van der Waals surface area contributed by atoms with Gasteiger partial charge in [0.2, 0.25) is 0 Å². The minimum atomic E-state index is -3.90. The maximum atomic E-state index is 13.1. The third-order valence-corrected chi connectivity index (χ3v) is 5.42. The summed E-state index contributed by atoms with van der Waals surface area (Å²) in [5.74, 6) is 4.57. The van der Waals surface area contributed by atoms with Crippen LogP contribution in [0.15, 0.2) is 47.4 Å². The molecular formula is C17H21N3O3S. The molecule has 6 nitrogen and oxygen atoms in total. The van der Waals surface area contributed by atoms with E-state index in [1.165, 1.54) is 12.1 Å². The molecule has 0 bridgehead atoms. The van der Waals surface area contributed by atoms with E-state index in [2.05, 4.69) is 0 Å². The highest BCUT2D eigenvalue weighted by Crippen LogP contribution is 2.30.